The molecule has 0 spiro atoms. The van der Waals surface area contributed by atoms with Crippen molar-refractivity contribution in [2.24, 2.45) is 11.8 Å². The van der Waals surface area contributed by atoms with Gasteiger partial charge in [-0.2, -0.15) is 4.31 Å². The molecule has 1 fully saturated rings. The zero-order valence-corrected chi connectivity index (χ0v) is 18.1. The minimum atomic E-state index is -3.56. The lowest BCUT2D eigenvalue weighted by Gasteiger charge is -2.31. The number of hydrogen-bond donors (Lipinski definition) is 1. The van der Waals surface area contributed by atoms with Gasteiger partial charge in [-0.15, -0.1) is 11.8 Å². The molecule has 0 unspecified atom stereocenters. The number of carbonyl (C=O) groups is 1. The Kier molecular flexibility index (Phi) is 5.99. The third kappa shape index (κ3) is 4.52. The Morgan fingerprint density at radius 2 is 1.83 bits per heavy atom. The summed E-state index contributed by atoms with van der Waals surface area (Å²) in [6.07, 6.45) is 2.72. The monoisotopic (exact) mass is 430 g/mol. The van der Waals surface area contributed by atoms with Crippen molar-refractivity contribution >= 4 is 33.4 Å². The van der Waals surface area contributed by atoms with Gasteiger partial charge in [-0.25, -0.2) is 8.42 Å². The molecule has 1 saturated heterocycles. The van der Waals surface area contributed by atoms with E-state index < -0.39 is 10.0 Å². The number of nitrogens with zero attached hydrogens (tertiary/aromatic N) is 1. The van der Waals surface area contributed by atoms with Crippen molar-refractivity contribution in [3.63, 3.8) is 0 Å². The minimum absolute atomic E-state index is 0.0625. The summed E-state index contributed by atoms with van der Waals surface area (Å²) in [6.45, 7) is 2.95. The van der Waals surface area contributed by atoms with Crippen LogP contribution in [0.3, 0.4) is 0 Å². The van der Waals surface area contributed by atoms with Crippen molar-refractivity contribution < 1.29 is 13.2 Å². The Morgan fingerprint density at radius 3 is 2.55 bits per heavy atom. The van der Waals surface area contributed by atoms with Crippen LogP contribution in [-0.2, 0) is 21.2 Å². The van der Waals surface area contributed by atoms with E-state index in [-0.39, 0.29) is 16.7 Å². The molecule has 29 heavy (non-hydrogen) atoms. The number of sulfonamides is 1. The van der Waals surface area contributed by atoms with Crippen molar-refractivity contribution in [2.75, 3.05) is 24.2 Å². The number of anilines is 1. The van der Waals surface area contributed by atoms with Crippen LogP contribution in [0.1, 0.15) is 25.3 Å². The molecular formula is C22H26N2O3S2. The normalized spacial score (nSPS) is 21.3. The lowest BCUT2D eigenvalue weighted by atomic mass is 9.91. The molecule has 7 heteroatoms. The molecule has 2 heterocycles. The summed E-state index contributed by atoms with van der Waals surface area (Å²) < 4.78 is 27.9. The lowest BCUT2D eigenvalue weighted by molar-refractivity contribution is -0.118. The van der Waals surface area contributed by atoms with E-state index in [1.54, 1.807) is 28.2 Å². The molecule has 154 valence electrons. The van der Waals surface area contributed by atoms with E-state index in [9.17, 15) is 13.2 Å². The van der Waals surface area contributed by atoms with Crippen molar-refractivity contribution in [2.45, 2.75) is 36.0 Å². The van der Waals surface area contributed by atoms with Gasteiger partial charge in [0.1, 0.15) is 0 Å². The van der Waals surface area contributed by atoms with Crippen molar-refractivity contribution in [1.82, 2.24) is 4.31 Å². The highest BCUT2D eigenvalue weighted by atomic mass is 32.2. The largest absolute Gasteiger partial charge is 0.325 e. The molecule has 0 saturated carbocycles. The predicted octanol–water partition coefficient (Wildman–Crippen LogP) is 4.01. The Morgan fingerprint density at radius 1 is 1.10 bits per heavy atom. The van der Waals surface area contributed by atoms with Crippen molar-refractivity contribution in [1.29, 1.82) is 0 Å². The maximum atomic E-state index is 13.2. The molecule has 1 amide bonds. The van der Waals surface area contributed by atoms with Crippen LogP contribution in [-0.4, -0.2) is 37.5 Å². The first kappa shape index (κ1) is 20.4. The highest BCUT2D eigenvalue weighted by molar-refractivity contribution is 7.99. The fraction of sp³-hybridized carbons (Fsp3) is 0.409. The van der Waals surface area contributed by atoms with Gasteiger partial charge in [0, 0.05) is 29.7 Å². The second kappa shape index (κ2) is 8.50. The van der Waals surface area contributed by atoms with Gasteiger partial charge in [0.2, 0.25) is 15.9 Å². The van der Waals surface area contributed by atoms with Crippen LogP contribution in [0.2, 0.25) is 0 Å². The highest BCUT2D eigenvalue weighted by Gasteiger charge is 2.30. The molecule has 4 rings (SSSR count). The lowest BCUT2D eigenvalue weighted by Crippen LogP contribution is -2.38. The molecule has 0 bridgehead atoms. The van der Waals surface area contributed by atoms with Gasteiger partial charge in [0.15, 0.2) is 0 Å². The number of amides is 1. The van der Waals surface area contributed by atoms with Crippen LogP contribution in [0.15, 0.2) is 58.3 Å². The maximum absolute atomic E-state index is 13.2. The number of carbonyl (C=O) groups excluding carboxylic acids is 1. The quantitative estimate of drug-likeness (QED) is 0.796. The first-order valence-corrected chi connectivity index (χ1v) is 12.5. The van der Waals surface area contributed by atoms with E-state index in [4.69, 9.17) is 0 Å². The zero-order valence-electron chi connectivity index (χ0n) is 16.5. The van der Waals surface area contributed by atoms with E-state index in [0.717, 1.165) is 24.2 Å². The number of nitrogens with one attached hydrogen (secondary N) is 1. The molecule has 2 aliphatic rings. The van der Waals surface area contributed by atoms with E-state index >= 15 is 0 Å². The number of hydrogen-bond acceptors (Lipinski definition) is 4. The summed E-state index contributed by atoms with van der Waals surface area (Å²) in [5.41, 5.74) is 1.91. The Balaban J connectivity index is 1.46. The molecular weight excluding hydrogens is 404 g/mol. The van der Waals surface area contributed by atoms with Gasteiger partial charge in [-0.3, -0.25) is 4.79 Å². The maximum Gasteiger partial charge on any atom is 0.243 e. The smallest absolute Gasteiger partial charge is 0.243 e. The summed E-state index contributed by atoms with van der Waals surface area (Å²) in [5, 5.41) is 2.88. The number of thioether (sulfide) groups is 1. The molecule has 5 nitrogen and oxygen atoms in total. The molecule has 2 aliphatic heterocycles. The molecule has 0 aliphatic carbocycles. The van der Waals surface area contributed by atoms with Crippen LogP contribution < -0.4 is 5.32 Å². The second-order valence-electron chi connectivity index (χ2n) is 7.90. The van der Waals surface area contributed by atoms with Gasteiger partial charge in [-0.1, -0.05) is 37.3 Å². The Labute approximate surface area is 176 Å². The third-order valence-electron chi connectivity index (χ3n) is 5.72. The first-order valence-electron chi connectivity index (χ1n) is 10.1. The Hall–Kier alpha value is -1.83. The fourth-order valence-corrected chi connectivity index (χ4v) is 6.40. The van der Waals surface area contributed by atoms with Crippen LogP contribution in [0.5, 0.6) is 0 Å². The summed E-state index contributed by atoms with van der Waals surface area (Å²) >= 11 is 1.59. The van der Waals surface area contributed by atoms with Crippen LogP contribution >= 0.6 is 11.8 Å². The van der Waals surface area contributed by atoms with Gasteiger partial charge in [0.05, 0.1) is 10.6 Å². The van der Waals surface area contributed by atoms with Crippen LogP contribution in [0, 0.1) is 11.8 Å². The standard InChI is InChI=1S/C22H26N2O3S2/c1-16-15-28-21-8-7-19(14-20(21)23-22(16)25)29(26,27)24-11-9-18(10-12-24)13-17-5-3-2-4-6-17/h2-8,14,16,18H,9-13,15H2,1H3,(H,23,25)/t16-/m0/s1. The summed E-state index contributed by atoms with van der Waals surface area (Å²) in [5.74, 6) is 1.04. The van der Waals surface area contributed by atoms with Crippen LogP contribution in [0.4, 0.5) is 5.69 Å². The van der Waals surface area contributed by atoms with Gasteiger partial charge in [-0.05, 0) is 48.9 Å². The van der Waals surface area contributed by atoms with Crippen LogP contribution in [0.25, 0.3) is 0 Å². The van der Waals surface area contributed by atoms with Gasteiger partial charge >= 0.3 is 0 Å². The number of rotatable bonds is 4. The third-order valence-corrected chi connectivity index (χ3v) is 8.95. The average molecular weight is 431 g/mol. The number of piperidine rings is 1. The summed E-state index contributed by atoms with van der Waals surface area (Å²) in [6, 6.07) is 15.5. The summed E-state index contributed by atoms with van der Waals surface area (Å²) in [4.78, 5) is 13.3. The number of benzene rings is 2. The minimum Gasteiger partial charge on any atom is -0.325 e. The molecule has 2 aromatic rings. The predicted molar refractivity (Wildman–Crippen MR) is 117 cm³/mol. The average Bonchev–Trinajstić information content (AvgIpc) is 2.87. The highest BCUT2D eigenvalue weighted by Crippen LogP contribution is 2.35. The van der Waals surface area contributed by atoms with E-state index in [1.807, 2.05) is 31.2 Å². The molecule has 0 aromatic heterocycles. The Bertz CT molecular complexity index is 984. The van der Waals surface area contributed by atoms with E-state index in [2.05, 4.69) is 17.4 Å². The van der Waals surface area contributed by atoms with E-state index in [1.165, 1.54) is 5.56 Å². The summed E-state index contributed by atoms with van der Waals surface area (Å²) in [7, 11) is -3.56. The first-order chi connectivity index (χ1) is 13.9. The SMILES string of the molecule is C[C@H]1CSc2ccc(S(=O)(=O)N3CCC(Cc4ccccc4)CC3)cc2NC1=O. The molecule has 2 aromatic carbocycles. The van der Waals surface area contributed by atoms with E-state index in [0.29, 0.717) is 30.4 Å². The van der Waals surface area contributed by atoms with Crippen molar-refractivity contribution in [3.05, 3.63) is 54.1 Å². The number of fused-ring (bicyclic) bond motifs is 1. The molecule has 1 atom stereocenters. The topological polar surface area (TPSA) is 66.5 Å². The molecule has 1 N–H and O–H groups in total. The molecule has 0 radical (unpaired) electrons. The van der Waals surface area contributed by atoms with Crippen molar-refractivity contribution in [3.8, 4) is 0 Å². The zero-order chi connectivity index (χ0) is 20.4. The van der Waals surface area contributed by atoms with Gasteiger partial charge < -0.3 is 5.32 Å². The van der Waals surface area contributed by atoms with Gasteiger partial charge in [0.25, 0.3) is 0 Å². The second-order valence-corrected chi connectivity index (χ2v) is 10.9. The fourth-order valence-electron chi connectivity index (χ4n) is 3.89.